The molecule has 0 spiro atoms. The Morgan fingerprint density at radius 2 is 1.67 bits per heavy atom. The number of nitrogens with one attached hydrogen (secondary N) is 2. The van der Waals surface area contributed by atoms with Gasteiger partial charge in [0.2, 0.25) is 0 Å². The molecule has 0 saturated heterocycles. The summed E-state index contributed by atoms with van der Waals surface area (Å²) < 4.78 is 83.1. The molecule has 0 atom stereocenters. The fraction of sp³-hybridized carbons (Fsp3) is 0.529. The summed E-state index contributed by atoms with van der Waals surface area (Å²) in [5.41, 5.74) is 0.246. The molecule has 0 radical (unpaired) electrons. The van der Waals surface area contributed by atoms with E-state index in [0.29, 0.717) is 0 Å². The summed E-state index contributed by atoms with van der Waals surface area (Å²) in [5, 5.41) is 3.20. The summed E-state index contributed by atoms with van der Waals surface area (Å²) in [6.07, 6.45) is -5.09. The monoisotopic (exact) mass is 477 g/mol. The number of anilines is 2. The van der Waals surface area contributed by atoms with Gasteiger partial charge in [0, 0.05) is 12.4 Å². The summed E-state index contributed by atoms with van der Waals surface area (Å²) in [5.74, 6) is -1.42. The predicted molar refractivity (Wildman–Crippen MR) is 97.1 cm³/mol. The van der Waals surface area contributed by atoms with E-state index in [1.165, 1.54) is 23.2 Å². The highest BCUT2D eigenvalue weighted by atomic mass is 35.5. The molecule has 0 aliphatic heterocycles. The second-order valence-corrected chi connectivity index (χ2v) is 7.71. The van der Waals surface area contributed by atoms with E-state index in [-0.39, 0.29) is 53.2 Å². The van der Waals surface area contributed by atoms with Crippen molar-refractivity contribution in [1.82, 2.24) is 9.97 Å². The lowest BCUT2D eigenvalue weighted by atomic mass is 9.85. The number of rotatable bonds is 5. The zero-order valence-corrected chi connectivity index (χ0v) is 16.8. The zero-order valence-electron chi connectivity index (χ0n) is 15.2. The summed E-state index contributed by atoms with van der Waals surface area (Å²) in [6.45, 7) is -1.54. The van der Waals surface area contributed by atoms with Crippen molar-refractivity contribution in [3.8, 4) is 5.88 Å². The Hall–Kier alpha value is -1.88. The summed E-state index contributed by atoms with van der Waals surface area (Å²) in [4.78, 5) is 6.57. The molecule has 2 aromatic heterocycles. The van der Waals surface area contributed by atoms with E-state index in [9.17, 15) is 26.3 Å². The number of hydrogen-bond donors (Lipinski definition) is 2. The van der Waals surface area contributed by atoms with Crippen molar-refractivity contribution in [3.63, 3.8) is 0 Å². The maximum absolute atomic E-state index is 13.0. The lowest BCUT2D eigenvalue weighted by molar-refractivity contribution is -0.716. The number of aromatic nitrogens is 3. The predicted octanol–water partition coefficient (Wildman–Crippen LogP) is 5.98. The second kappa shape index (κ2) is 8.70. The average Bonchev–Trinajstić information content (AvgIpc) is 3.04. The number of halogens is 8. The van der Waals surface area contributed by atoms with E-state index in [4.69, 9.17) is 27.9 Å². The summed E-state index contributed by atoms with van der Waals surface area (Å²) >= 11 is 12.2. The number of ether oxygens (including phenoxy) is 1. The smallest absolute Gasteiger partial charge is 0.422 e. The van der Waals surface area contributed by atoms with Crippen LogP contribution in [0, 0.1) is 5.92 Å². The number of nitrogens with zero attached hydrogens (tertiary/aromatic N) is 2. The maximum atomic E-state index is 13.0. The van der Waals surface area contributed by atoms with Crippen molar-refractivity contribution in [2.45, 2.75) is 44.1 Å². The van der Waals surface area contributed by atoms with Crippen LogP contribution in [-0.2, 0) is 0 Å². The van der Waals surface area contributed by atoms with Gasteiger partial charge in [-0.2, -0.15) is 30.9 Å². The lowest BCUT2D eigenvalue weighted by Gasteiger charge is -2.29. The first-order valence-corrected chi connectivity index (χ1v) is 9.66. The molecule has 0 bridgehead atoms. The Bertz CT molecular complexity index is 858. The van der Waals surface area contributed by atoms with Crippen LogP contribution in [0.2, 0.25) is 10.0 Å². The topological polar surface area (TPSA) is 53.8 Å². The van der Waals surface area contributed by atoms with Crippen molar-refractivity contribution in [3.05, 3.63) is 28.6 Å². The third-order valence-electron chi connectivity index (χ3n) is 4.82. The minimum Gasteiger partial charge on any atom is -0.456 e. The van der Waals surface area contributed by atoms with Gasteiger partial charge in [0.25, 0.3) is 5.88 Å². The van der Waals surface area contributed by atoms with Crippen LogP contribution in [0.1, 0.15) is 31.7 Å². The van der Waals surface area contributed by atoms with Gasteiger partial charge < -0.3 is 4.74 Å². The maximum Gasteiger partial charge on any atom is 0.422 e. The third-order valence-corrected chi connectivity index (χ3v) is 5.39. The van der Waals surface area contributed by atoms with Gasteiger partial charge in [-0.05, 0) is 25.7 Å². The summed E-state index contributed by atoms with van der Waals surface area (Å²) in [7, 11) is 0. The molecule has 0 aromatic carbocycles. The quantitative estimate of drug-likeness (QED) is 0.411. The van der Waals surface area contributed by atoms with Gasteiger partial charge in [-0.1, -0.05) is 23.2 Å². The Morgan fingerprint density at radius 3 is 2.20 bits per heavy atom. The van der Waals surface area contributed by atoms with Crippen LogP contribution in [-0.4, -0.2) is 28.9 Å². The molecule has 166 valence electrons. The van der Waals surface area contributed by atoms with E-state index in [1.54, 1.807) is 0 Å². The van der Waals surface area contributed by atoms with Gasteiger partial charge in [0.1, 0.15) is 11.9 Å². The largest absolute Gasteiger partial charge is 0.456 e. The van der Waals surface area contributed by atoms with Crippen molar-refractivity contribution in [2.75, 3.05) is 11.9 Å². The minimum atomic E-state index is -4.58. The molecule has 1 saturated carbocycles. The first-order chi connectivity index (χ1) is 14.0. The molecular weight excluding hydrogens is 461 g/mol. The van der Waals surface area contributed by atoms with Crippen LogP contribution in [0.15, 0.2) is 18.6 Å². The van der Waals surface area contributed by atoms with Gasteiger partial charge in [0.15, 0.2) is 6.61 Å². The highest BCUT2D eigenvalue weighted by Gasteiger charge is 2.43. The first-order valence-electron chi connectivity index (χ1n) is 8.91. The number of imidazole rings is 1. The van der Waals surface area contributed by atoms with Crippen LogP contribution in [0.4, 0.5) is 38.0 Å². The Morgan fingerprint density at radius 1 is 1.07 bits per heavy atom. The first kappa shape index (κ1) is 22.8. The lowest BCUT2D eigenvalue weighted by Crippen LogP contribution is -2.45. The van der Waals surface area contributed by atoms with E-state index < -0.39 is 30.9 Å². The highest BCUT2D eigenvalue weighted by molar-refractivity contribution is 6.38. The van der Waals surface area contributed by atoms with Crippen LogP contribution in [0.25, 0.3) is 0 Å². The number of hydrogen-bond acceptors (Lipinski definition) is 3. The SMILES string of the molecule is FC(F)(F)COc1c[nH]c(Nc2c(Cl)cncc2Cl)[n+]1C1CCC(C(F)(F)F)CC1. The number of H-pyrrole nitrogens is 1. The van der Waals surface area contributed by atoms with Crippen LogP contribution in [0.3, 0.4) is 0 Å². The molecule has 0 unspecified atom stereocenters. The van der Waals surface area contributed by atoms with Gasteiger partial charge >= 0.3 is 18.3 Å². The van der Waals surface area contributed by atoms with E-state index in [1.807, 2.05) is 0 Å². The fourth-order valence-electron chi connectivity index (χ4n) is 3.42. The van der Waals surface area contributed by atoms with E-state index in [2.05, 4.69) is 15.3 Å². The standard InChI is InChI=1S/C17H16Cl2F6N4O/c18-11-5-26-6-12(19)14(11)28-15-27-7-13(30-8-16(20,21)22)29(15)10-3-1-9(2-4-10)17(23,24)25/h5-7,9-10H,1-4,8H2,(H,26,27,28)/p+1. The van der Waals surface area contributed by atoms with Crippen molar-refractivity contribution in [1.29, 1.82) is 0 Å². The highest BCUT2D eigenvalue weighted by Crippen LogP contribution is 2.41. The zero-order chi connectivity index (χ0) is 22.1. The fourth-order valence-corrected chi connectivity index (χ4v) is 3.87. The third kappa shape index (κ3) is 5.42. The van der Waals surface area contributed by atoms with Crippen molar-refractivity contribution < 1.29 is 35.6 Å². The Balaban J connectivity index is 1.89. The van der Waals surface area contributed by atoms with Gasteiger partial charge in [0.05, 0.1) is 22.0 Å². The van der Waals surface area contributed by atoms with Gasteiger partial charge in [-0.25, -0.2) is 10.3 Å². The number of aromatic amines is 1. The Labute approximate surface area is 177 Å². The molecule has 2 aromatic rings. The van der Waals surface area contributed by atoms with Crippen molar-refractivity contribution in [2.24, 2.45) is 5.92 Å². The molecule has 0 amide bonds. The Kier molecular flexibility index (Phi) is 6.61. The normalized spacial score (nSPS) is 20.3. The average molecular weight is 478 g/mol. The molecule has 1 aliphatic carbocycles. The van der Waals surface area contributed by atoms with Crippen LogP contribution < -0.4 is 14.6 Å². The molecule has 1 fully saturated rings. The minimum absolute atomic E-state index is 0.113. The van der Waals surface area contributed by atoms with Crippen LogP contribution >= 0.6 is 23.2 Å². The number of pyridine rings is 1. The molecule has 2 heterocycles. The molecule has 2 N–H and O–H groups in total. The molecule has 3 rings (SSSR count). The molecule has 30 heavy (non-hydrogen) atoms. The number of alkyl halides is 6. The second-order valence-electron chi connectivity index (χ2n) is 6.90. The van der Waals surface area contributed by atoms with E-state index >= 15 is 0 Å². The van der Waals surface area contributed by atoms with E-state index in [0.717, 1.165) is 0 Å². The summed E-state index contributed by atoms with van der Waals surface area (Å²) in [6, 6.07) is -0.514. The van der Waals surface area contributed by atoms with Gasteiger partial charge in [-0.15, -0.1) is 0 Å². The van der Waals surface area contributed by atoms with Gasteiger partial charge in [-0.3, -0.25) is 4.98 Å². The van der Waals surface area contributed by atoms with Crippen molar-refractivity contribution >= 4 is 34.8 Å². The molecule has 5 nitrogen and oxygen atoms in total. The molecule has 1 aliphatic rings. The van der Waals surface area contributed by atoms with Crippen LogP contribution in [0.5, 0.6) is 5.88 Å². The molecular formula is C17H17Cl2F6N4O+. The molecule has 13 heteroatoms.